The molecular weight excluding hydrogens is 311 g/mol. The number of methoxy groups -OCH3 is 1. The molecule has 0 atom stereocenters. The van der Waals surface area contributed by atoms with Crippen LogP contribution in [0.1, 0.15) is 16.4 Å². The number of nitrogens with zero attached hydrogens (tertiary/aromatic N) is 4. The SMILES string of the molecule is COc1ccc(-c2nc(C(Cl)Cl)nc3cc(C)nn23)cc1. The molecule has 0 fully saturated rings. The maximum absolute atomic E-state index is 5.91. The Labute approximate surface area is 131 Å². The van der Waals surface area contributed by atoms with E-state index in [1.54, 1.807) is 11.6 Å². The molecule has 3 aromatic rings. The minimum absolute atomic E-state index is 0.358. The summed E-state index contributed by atoms with van der Waals surface area (Å²) in [4.78, 5) is 7.95. The quantitative estimate of drug-likeness (QED) is 0.691. The van der Waals surface area contributed by atoms with E-state index in [0.717, 1.165) is 17.0 Å². The van der Waals surface area contributed by atoms with Gasteiger partial charge in [0, 0.05) is 11.6 Å². The summed E-state index contributed by atoms with van der Waals surface area (Å²) in [5.41, 5.74) is 2.38. The van der Waals surface area contributed by atoms with Crippen LogP contribution in [0, 0.1) is 6.92 Å². The molecule has 1 aromatic carbocycles. The van der Waals surface area contributed by atoms with Gasteiger partial charge in [0.2, 0.25) is 0 Å². The number of fused-ring (bicyclic) bond motifs is 1. The second-order valence-electron chi connectivity index (χ2n) is 4.49. The number of rotatable bonds is 3. The Morgan fingerprint density at radius 1 is 1.14 bits per heavy atom. The Morgan fingerprint density at radius 2 is 1.86 bits per heavy atom. The van der Waals surface area contributed by atoms with Crippen molar-refractivity contribution in [2.75, 3.05) is 7.11 Å². The fourth-order valence-electron chi connectivity index (χ4n) is 2.04. The van der Waals surface area contributed by atoms with Crippen LogP contribution in [-0.2, 0) is 0 Å². The van der Waals surface area contributed by atoms with Crippen molar-refractivity contribution in [2.24, 2.45) is 0 Å². The lowest BCUT2D eigenvalue weighted by molar-refractivity contribution is 0.415. The van der Waals surface area contributed by atoms with E-state index in [4.69, 9.17) is 27.9 Å². The Morgan fingerprint density at radius 3 is 2.48 bits per heavy atom. The number of aryl methyl sites for hydroxylation is 1. The third-order valence-electron chi connectivity index (χ3n) is 3.01. The third kappa shape index (κ3) is 2.66. The van der Waals surface area contributed by atoms with Crippen LogP contribution < -0.4 is 4.74 Å². The van der Waals surface area contributed by atoms with Crippen molar-refractivity contribution >= 4 is 28.8 Å². The molecule has 0 N–H and O–H groups in total. The molecule has 108 valence electrons. The summed E-state index contributed by atoms with van der Waals surface area (Å²) >= 11 is 11.8. The molecule has 0 aliphatic heterocycles. The highest BCUT2D eigenvalue weighted by atomic mass is 35.5. The number of benzene rings is 1. The smallest absolute Gasteiger partial charge is 0.167 e. The van der Waals surface area contributed by atoms with Crippen LogP contribution >= 0.6 is 23.2 Å². The van der Waals surface area contributed by atoms with E-state index in [9.17, 15) is 0 Å². The number of halogens is 2. The zero-order valence-electron chi connectivity index (χ0n) is 11.4. The van der Waals surface area contributed by atoms with Gasteiger partial charge in [-0.25, -0.2) is 9.97 Å². The lowest BCUT2D eigenvalue weighted by Crippen LogP contribution is -2.04. The molecule has 7 heteroatoms. The van der Waals surface area contributed by atoms with Crippen molar-refractivity contribution in [3.8, 4) is 17.1 Å². The summed E-state index contributed by atoms with van der Waals surface area (Å²) in [6.45, 7) is 1.89. The summed E-state index contributed by atoms with van der Waals surface area (Å²) in [5, 5.41) is 4.41. The minimum atomic E-state index is -0.790. The van der Waals surface area contributed by atoms with Crippen molar-refractivity contribution in [2.45, 2.75) is 11.8 Å². The van der Waals surface area contributed by atoms with E-state index in [1.807, 2.05) is 37.3 Å². The summed E-state index contributed by atoms with van der Waals surface area (Å²) in [7, 11) is 1.62. The van der Waals surface area contributed by atoms with Gasteiger partial charge in [-0.15, -0.1) is 0 Å². The third-order valence-corrected chi connectivity index (χ3v) is 3.40. The molecule has 0 bridgehead atoms. The second-order valence-corrected chi connectivity index (χ2v) is 5.59. The van der Waals surface area contributed by atoms with Crippen molar-refractivity contribution in [3.63, 3.8) is 0 Å². The number of hydrogen-bond acceptors (Lipinski definition) is 4. The highest BCUT2D eigenvalue weighted by molar-refractivity contribution is 6.43. The monoisotopic (exact) mass is 322 g/mol. The first kappa shape index (κ1) is 14.1. The predicted molar refractivity (Wildman–Crippen MR) is 82.0 cm³/mol. The van der Waals surface area contributed by atoms with Gasteiger partial charge in [0.25, 0.3) is 0 Å². The van der Waals surface area contributed by atoms with E-state index < -0.39 is 4.84 Å². The van der Waals surface area contributed by atoms with Gasteiger partial charge >= 0.3 is 0 Å². The number of aromatic nitrogens is 4. The molecule has 0 unspecified atom stereocenters. The van der Waals surface area contributed by atoms with Crippen LogP contribution in [0.5, 0.6) is 5.75 Å². The van der Waals surface area contributed by atoms with Crippen LogP contribution in [-0.4, -0.2) is 26.7 Å². The Balaban J connectivity index is 2.22. The molecule has 2 heterocycles. The first-order valence-electron chi connectivity index (χ1n) is 6.25. The molecule has 0 saturated heterocycles. The summed E-state index contributed by atoms with van der Waals surface area (Å²) < 4.78 is 6.84. The molecule has 5 nitrogen and oxygen atoms in total. The zero-order chi connectivity index (χ0) is 15.0. The molecule has 0 saturated carbocycles. The van der Waals surface area contributed by atoms with Crippen LogP contribution in [0.3, 0.4) is 0 Å². The molecule has 0 aliphatic rings. The van der Waals surface area contributed by atoms with E-state index in [2.05, 4.69) is 15.1 Å². The van der Waals surface area contributed by atoms with E-state index in [0.29, 0.717) is 17.3 Å². The van der Waals surface area contributed by atoms with Crippen molar-refractivity contribution in [1.29, 1.82) is 0 Å². The van der Waals surface area contributed by atoms with Crippen molar-refractivity contribution in [3.05, 3.63) is 41.9 Å². The standard InChI is InChI=1S/C14H12Cl2N4O/c1-8-7-11-17-13(12(15)16)18-14(20(11)19-8)9-3-5-10(21-2)6-4-9/h3-7,12H,1-2H3. The average molecular weight is 323 g/mol. The first-order chi connectivity index (χ1) is 10.1. The Kier molecular flexibility index (Phi) is 3.69. The predicted octanol–water partition coefficient (Wildman–Crippen LogP) is 3.58. The fraction of sp³-hybridized carbons (Fsp3) is 0.214. The van der Waals surface area contributed by atoms with Gasteiger partial charge in [-0.2, -0.15) is 9.61 Å². The fourth-order valence-corrected chi connectivity index (χ4v) is 2.24. The lowest BCUT2D eigenvalue weighted by atomic mass is 10.2. The van der Waals surface area contributed by atoms with Crippen LogP contribution in [0.2, 0.25) is 0 Å². The van der Waals surface area contributed by atoms with E-state index in [-0.39, 0.29) is 0 Å². The van der Waals surface area contributed by atoms with Crippen molar-refractivity contribution < 1.29 is 4.74 Å². The summed E-state index contributed by atoms with van der Waals surface area (Å²) in [6.07, 6.45) is 0. The Bertz CT molecular complexity index is 784. The average Bonchev–Trinajstić information content (AvgIpc) is 2.86. The molecule has 2 aromatic heterocycles. The minimum Gasteiger partial charge on any atom is -0.497 e. The van der Waals surface area contributed by atoms with Gasteiger partial charge in [0.05, 0.1) is 12.8 Å². The van der Waals surface area contributed by atoms with Crippen LogP contribution in [0.4, 0.5) is 0 Å². The van der Waals surface area contributed by atoms with Gasteiger partial charge in [0.1, 0.15) is 5.75 Å². The van der Waals surface area contributed by atoms with Gasteiger partial charge in [-0.3, -0.25) is 0 Å². The molecule has 3 rings (SSSR count). The maximum Gasteiger partial charge on any atom is 0.167 e. The van der Waals surface area contributed by atoms with Gasteiger partial charge in [0.15, 0.2) is 22.1 Å². The normalized spacial score (nSPS) is 11.3. The molecule has 21 heavy (non-hydrogen) atoms. The topological polar surface area (TPSA) is 52.3 Å². The molecular formula is C14H12Cl2N4O. The number of alkyl halides is 2. The molecule has 0 amide bonds. The van der Waals surface area contributed by atoms with E-state index in [1.165, 1.54) is 0 Å². The number of hydrogen-bond donors (Lipinski definition) is 0. The number of ether oxygens (including phenoxy) is 1. The molecule has 0 aliphatic carbocycles. The van der Waals surface area contributed by atoms with Gasteiger partial charge in [-0.1, -0.05) is 23.2 Å². The van der Waals surface area contributed by atoms with Crippen LogP contribution in [0.15, 0.2) is 30.3 Å². The van der Waals surface area contributed by atoms with Crippen molar-refractivity contribution in [1.82, 2.24) is 19.6 Å². The van der Waals surface area contributed by atoms with Crippen LogP contribution in [0.25, 0.3) is 17.0 Å². The van der Waals surface area contributed by atoms with E-state index >= 15 is 0 Å². The highest BCUT2D eigenvalue weighted by Crippen LogP contribution is 2.26. The maximum atomic E-state index is 5.91. The molecule has 0 radical (unpaired) electrons. The second kappa shape index (κ2) is 5.50. The molecule has 0 spiro atoms. The lowest BCUT2D eigenvalue weighted by Gasteiger charge is -2.08. The van der Waals surface area contributed by atoms with Gasteiger partial charge < -0.3 is 4.74 Å². The zero-order valence-corrected chi connectivity index (χ0v) is 12.9. The van der Waals surface area contributed by atoms with Gasteiger partial charge in [-0.05, 0) is 31.2 Å². The largest absolute Gasteiger partial charge is 0.497 e. The summed E-state index contributed by atoms with van der Waals surface area (Å²) in [6, 6.07) is 9.38. The first-order valence-corrected chi connectivity index (χ1v) is 7.12. The summed E-state index contributed by atoms with van der Waals surface area (Å²) in [5.74, 6) is 1.77. The highest BCUT2D eigenvalue weighted by Gasteiger charge is 2.15. The Hall–Kier alpha value is -1.85.